The van der Waals surface area contributed by atoms with Crippen LogP contribution >= 0.6 is 11.8 Å². The average molecular weight is 259 g/mol. The third-order valence-electron chi connectivity index (χ3n) is 1.57. The number of halogens is 1. The van der Waals surface area contributed by atoms with Crippen LogP contribution in [-0.4, -0.2) is 29.3 Å². The van der Waals surface area contributed by atoms with Gasteiger partial charge < -0.3 is 5.11 Å². The van der Waals surface area contributed by atoms with E-state index in [1.165, 1.54) is 23.9 Å². The molecule has 0 fully saturated rings. The predicted octanol–water partition coefficient (Wildman–Crippen LogP) is 1.05. The molecule has 1 aromatic carbocycles. The lowest BCUT2D eigenvalue weighted by Crippen LogP contribution is -2.27. The average Bonchev–Trinajstić information content (AvgIpc) is 2.28. The zero-order chi connectivity index (χ0) is 12.7. The summed E-state index contributed by atoms with van der Waals surface area (Å²) in [5.41, 5.74) is 1.98. The second kappa shape index (κ2) is 6.87. The number of hydrogen-bond acceptors (Lipinski definition) is 4. The van der Waals surface area contributed by atoms with Crippen molar-refractivity contribution in [2.45, 2.75) is 4.90 Å². The van der Waals surface area contributed by atoms with Crippen LogP contribution in [-0.2, 0) is 14.4 Å². The van der Waals surface area contributed by atoms with Crippen LogP contribution in [0, 0.1) is 5.82 Å². The molecule has 0 aliphatic rings. The molecule has 1 rings (SSSR count). The number of aliphatic carboxylic acids is 1. The molecule has 0 saturated heterocycles. The maximum atomic E-state index is 12.6. The van der Waals surface area contributed by atoms with Crippen LogP contribution in [0.3, 0.4) is 0 Å². The largest absolute Gasteiger partial charge is 0.479 e. The van der Waals surface area contributed by atoms with E-state index in [-0.39, 0.29) is 11.6 Å². The van der Waals surface area contributed by atoms with Gasteiger partial charge in [-0.05, 0) is 24.3 Å². The van der Waals surface area contributed by atoms with Crippen molar-refractivity contribution in [3.05, 3.63) is 30.1 Å². The number of amides is 1. The van der Waals surface area contributed by atoms with Crippen LogP contribution in [0.2, 0.25) is 0 Å². The highest BCUT2D eigenvalue weighted by Gasteiger charge is 2.04. The molecule has 5 nitrogen and oxygen atoms in total. The summed E-state index contributed by atoms with van der Waals surface area (Å²) < 4.78 is 12.6. The fourth-order valence-electron chi connectivity index (χ4n) is 0.887. The fourth-order valence-corrected chi connectivity index (χ4v) is 1.57. The van der Waals surface area contributed by atoms with E-state index < -0.39 is 18.5 Å². The Hall–Kier alpha value is -1.60. The molecular formula is C10H10FNO4S. The molecule has 17 heavy (non-hydrogen) atoms. The number of carboxylic acids is 1. The number of carbonyl (C=O) groups excluding carboxylic acids is 1. The first kappa shape index (κ1) is 13.5. The van der Waals surface area contributed by atoms with Crippen LogP contribution in [0.25, 0.3) is 0 Å². The third kappa shape index (κ3) is 5.88. The minimum absolute atomic E-state index is 0.0608. The Morgan fingerprint density at radius 1 is 1.35 bits per heavy atom. The van der Waals surface area contributed by atoms with Gasteiger partial charge in [0, 0.05) is 4.90 Å². The molecule has 0 bridgehead atoms. The highest BCUT2D eigenvalue weighted by atomic mass is 32.2. The summed E-state index contributed by atoms with van der Waals surface area (Å²) in [6.07, 6.45) is 0. The van der Waals surface area contributed by atoms with Gasteiger partial charge in [0.25, 0.3) is 5.91 Å². The third-order valence-corrected chi connectivity index (χ3v) is 2.58. The molecule has 1 amide bonds. The first-order valence-electron chi connectivity index (χ1n) is 4.58. The van der Waals surface area contributed by atoms with Gasteiger partial charge in [0.05, 0.1) is 5.75 Å². The molecule has 92 valence electrons. The number of hydroxylamine groups is 1. The van der Waals surface area contributed by atoms with Crippen LogP contribution in [0.15, 0.2) is 29.2 Å². The standard InChI is InChI=1S/C10H10FNO4S/c11-7-1-3-8(4-2-7)17-6-9(13)12-16-5-10(14)15/h1-4H,5-6H2,(H,12,13)(H,14,15). The zero-order valence-corrected chi connectivity index (χ0v) is 9.50. The van der Waals surface area contributed by atoms with E-state index in [0.29, 0.717) is 0 Å². The monoisotopic (exact) mass is 259 g/mol. The Bertz CT molecular complexity index is 396. The zero-order valence-electron chi connectivity index (χ0n) is 8.68. The van der Waals surface area contributed by atoms with E-state index in [9.17, 15) is 14.0 Å². The van der Waals surface area contributed by atoms with Crippen molar-refractivity contribution in [3.8, 4) is 0 Å². The molecule has 0 heterocycles. The number of carbonyl (C=O) groups is 2. The van der Waals surface area contributed by atoms with Crippen molar-refractivity contribution in [2.24, 2.45) is 0 Å². The van der Waals surface area contributed by atoms with Crippen LogP contribution < -0.4 is 5.48 Å². The van der Waals surface area contributed by atoms with Gasteiger partial charge in [-0.25, -0.2) is 14.7 Å². The molecule has 0 aliphatic carbocycles. The summed E-state index contributed by atoms with van der Waals surface area (Å²) in [5, 5.41) is 8.24. The Morgan fingerprint density at radius 2 is 2.00 bits per heavy atom. The van der Waals surface area contributed by atoms with Gasteiger partial charge in [0.1, 0.15) is 5.82 Å². The van der Waals surface area contributed by atoms with E-state index in [2.05, 4.69) is 4.84 Å². The molecule has 0 spiro atoms. The number of nitrogens with one attached hydrogen (secondary N) is 1. The van der Waals surface area contributed by atoms with Gasteiger partial charge in [-0.2, -0.15) is 0 Å². The lowest BCUT2D eigenvalue weighted by Gasteiger charge is -2.03. The van der Waals surface area contributed by atoms with Crippen molar-refractivity contribution in [1.29, 1.82) is 0 Å². The highest BCUT2D eigenvalue weighted by molar-refractivity contribution is 8.00. The Kier molecular flexibility index (Phi) is 5.44. The molecule has 7 heteroatoms. The molecule has 2 N–H and O–H groups in total. The van der Waals surface area contributed by atoms with Crippen molar-refractivity contribution < 1.29 is 23.9 Å². The molecule has 1 aromatic rings. The van der Waals surface area contributed by atoms with Gasteiger partial charge in [-0.3, -0.25) is 9.63 Å². The Morgan fingerprint density at radius 3 is 2.59 bits per heavy atom. The Labute approximate surface area is 101 Å². The molecule has 0 saturated carbocycles. The minimum atomic E-state index is -1.17. The van der Waals surface area contributed by atoms with E-state index in [1.54, 1.807) is 12.1 Å². The summed E-state index contributed by atoms with van der Waals surface area (Å²) in [7, 11) is 0. The van der Waals surface area contributed by atoms with Gasteiger partial charge in [0.2, 0.25) is 0 Å². The van der Waals surface area contributed by atoms with E-state index in [0.717, 1.165) is 4.90 Å². The number of benzene rings is 1. The van der Waals surface area contributed by atoms with Gasteiger partial charge in [-0.15, -0.1) is 11.8 Å². The van der Waals surface area contributed by atoms with Gasteiger partial charge in [0.15, 0.2) is 6.61 Å². The van der Waals surface area contributed by atoms with Crippen LogP contribution in [0.4, 0.5) is 4.39 Å². The molecule has 0 radical (unpaired) electrons. The van der Waals surface area contributed by atoms with Crippen LogP contribution in [0.5, 0.6) is 0 Å². The fraction of sp³-hybridized carbons (Fsp3) is 0.200. The lowest BCUT2D eigenvalue weighted by atomic mass is 10.4. The lowest BCUT2D eigenvalue weighted by molar-refractivity contribution is -0.148. The minimum Gasteiger partial charge on any atom is -0.479 e. The van der Waals surface area contributed by atoms with Gasteiger partial charge >= 0.3 is 5.97 Å². The smallest absolute Gasteiger partial charge is 0.332 e. The molecular weight excluding hydrogens is 249 g/mol. The SMILES string of the molecule is O=C(O)CONC(=O)CSc1ccc(F)cc1. The van der Waals surface area contributed by atoms with Crippen molar-refractivity contribution in [2.75, 3.05) is 12.4 Å². The van der Waals surface area contributed by atoms with Crippen molar-refractivity contribution >= 4 is 23.6 Å². The second-order valence-electron chi connectivity index (χ2n) is 2.95. The number of hydrogen-bond donors (Lipinski definition) is 2. The quantitative estimate of drug-likeness (QED) is 0.590. The summed E-state index contributed by atoms with van der Waals surface area (Å²) >= 11 is 1.19. The topological polar surface area (TPSA) is 75.6 Å². The molecule has 0 atom stereocenters. The molecule has 0 unspecified atom stereocenters. The first-order chi connectivity index (χ1) is 8.08. The van der Waals surface area contributed by atoms with Crippen molar-refractivity contribution in [1.82, 2.24) is 5.48 Å². The van der Waals surface area contributed by atoms with E-state index >= 15 is 0 Å². The first-order valence-corrected chi connectivity index (χ1v) is 5.57. The predicted molar refractivity (Wildman–Crippen MR) is 58.9 cm³/mol. The number of thioether (sulfide) groups is 1. The number of rotatable bonds is 6. The summed E-state index contributed by atoms with van der Waals surface area (Å²) in [6, 6.07) is 5.68. The van der Waals surface area contributed by atoms with E-state index in [4.69, 9.17) is 5.11 Å². The normalized spacial score (nSPS) is 9.94. The maximum Gasteiger partial charge on any atom is 0.332 e. The molecule has 0 aliphatic heterocycles. The summed E-state index contributed by atoms with van der Waals surface area (Å²) in [6.45, 7) is -0.590. The number of carboxylic acid groups (broad SMARTS) is 1. The second-order valence-corrected chi connectivity index (χ2v) is 4.00. The van der Waals surface area contributed by atoms with Gasteiger partial charge in [-0.1, -0.05) is 0 Å². The maximum absolute atomic E-state index is 12.6. The molecule has 0 aromatic heterocycles. The summed E-state index contributed by atoms with van der Waals surface area (Å²) in [5.74, 6) is -1.91. The summed E-state index contributed by atoms with van der Waals surface area (Å²) in [4.78, 5) is 26.3. The highest BCUT2D eigenvalue weighted by Crippen LogP contribution is 2.17. The van der Waals surface area contributed by atoms with Crippen molar-refractivity contribution in [3.63, 3.8) is 0 Å². The Balaban J connectivity index is 2.23. The van der Waals surface area contributed by atoms with Crippen LogP contribution in [0.1, 0.15) is 0 Å². The van der Waals surface area contributed by atoms with E-state index in [1.807, 2.05) is 5.48 Å².